The van der Waals surface area contributed by atoms with E-state index in [4.69, 9.17) is 0 Å². The predicted molar refractivity (Wildman–Crippen MR) is 83.0 cm³/mol. The van der Waals surface area contributed by atoms with Crippen molar-refractivity contribution >= 4 is 27.7 Å². The van der Waals surface area contributed by atoms with E-state index >= 15 is 0 Å². The number of thioether (sulfide) groups is 1. The number of unbranched alkanes of at least 4 members (excludes halogenated alkanes) is 8. The lowest BCUT2D eigenvalue weighted by molar-refractivity contribution is 0.102. The predicted octanol–water partition coefficient (Wildman–Crippen LogP) is 6.63. The third-order valence-corrected chi connectivity index (χ3v) is 5.36. The second kappa shape index (κ2) is 11.5. The van der Waals surface area contributed by atoms with Crippen LogP contribution in [0.25, 0.3) is 0 Å². The SMILES string of the molecule is CCCCCCCCCCCC(Br)C(F)(F)SC. The average Bonchev–Trinajstić information content (AvgIpc) is 2.36. The van der Waals surface area contributed by atoms with Crippen molar-refractivity contribution in [3.8, 4) is 0 Å². The van der Waals surface area contributed by atoms with Crippen molar-refractivity contribution in [2.24, 2.45) is 0 Å². The smallest absolute Gasteiger partial charge is 0.193 e. The van der Waals surface area contributed by atoms with Crippen LogP contribution in [0.15, 0.2) is 0 Å². The molecule has 0 aromatic rings. The van der Waals surface area contributed by atoms with Crippen molar-refractivity contribution in [1.82, 2.24) is 0 Å². The van der Waals surface area contributed by atoms with Gasteiger partial charge < -0.3 is 0 Å². The molecule has 1 unspecified atom stereocenters. The molecule has 0 aliphatic heterocycles. The molecule has 0 aliphatic rings. The van der Waals surface area contributed by atoms with E-state index in [0.29, 0.717) is 18.2 Å². The number of halogens is 3. The van der Waals surface area contributed by atoms with Gasteiger partial charge in [0.25, 0.3) is 0 Å². The van der Waals surface area contributed by atoms with Crippen molar-refractivity contribution in [2.45, 2.75) is 81.2 Å². The van der Waals surface area contributed by atoms with Crippen LogP contribution in [0.3, 0.4) is 0 Å². The van der Waals surface area contributed by atoms with Gasteiger partial charge in [0.15, 0.2) is 0 Å². The maximum absolute atomic E-state index is 13.2. The van der Waals surface area contributed by atoms with Crippen LogP contribution in [0.1, 0.15) is 71.1 Å². The topological polar surface area (TPSA) is 0 Å². The molecule has 0 N–H and O–H groups in total. The molecule has 0 bridgehead atoms. The van der Waals surface area contributed by atoms with Gasteiger partial charge in [0.2, 0.25) is 0 Å². The Kier molecular flexibility index (Phi) is 12.0. The molecule has 0 fully saturated rings. The van der Waals surface area contributed by atoms with E-state index in [1.54, 1.807) is 0 Å². The summed E-state index contributed by atoms with van der Waals surface area (Å²) in [6, 6.07) is 0. The molecule has 0 aliphatic carbocycles. The molecule has 0 heterocycles. The molecule has 0 aromatic heterocycles. The van der Waals surface area contributed by atoms with Gasteiger partial charge in [0.1, 0.15) is 0 Å². The highest BCUT2D eigenvalue weighted by Crippen LogP contribution is 2.37. The molecule has 110 valence electrons. The zero-order chi connectivity index (χ0) is 13.9. The molecule has 0 aromatic carbocycles. The summed E-state index contributed by atoms with van der Waals surface area (Å²) in [5.74, 6) is 0. The maximum atomic E-state index is 13.2. The monoisotopic (exact) mass is 344 g/mol. The van der Waals surface area contributed by atoms with Crippen LogP contribution in [0.4, 0.5) is 8.78 Å². The van der Waals surface area contributed by atoms with Crippen molar-refractivity contribution in [2.75, 3.05) is 6.26 Å². The summed E-state index contributed by atoms with van der Waals surface area (Å²) in [5.41, 5.74) is 0. The lowest BCUT2D eigenvalue weighted by Crippen LogP contribution is -2.24. The summed E-state index contributed by atoms with van der Waals surface area (Å²) in [4.78, 5) is -0.676. The van der Waals surface area contributed by atoms with E-state index in [1.807, 2.05) is 0 Å². The van der Waals surface area contributed by atoms with Gasteiger partial charge >= 0.3 is 5.25 Å². The van der Waals surface area contributed by atoms with Crippen LogP contribution in [0.2, 0.25) is 0 Å². The highest BCUT2D eigenvalue weighted by atomic mass is 79.9. The first kappa shape index (κ1) is 18.7. The molecule has 0 radical (unpaired) electrons. The van der Waals surface area contributed by atoms with E-state index in [1.165, 1.54) is 51.2 Å². The minimum absolute atomic E-state index is 0.573. The Labute approximate surface area is 124 Å². The Morgan fingerprint density at radius 1 is 0.944 bits per heavy atom. The normalized spacial score (nSPS) is 13.8. The van der Waals surface area contributed by atoms with E-state index in [0.717, 1.165) is 12.8 Å². The van der Waals surface area contributed by atoms with Gasteiger partial charge in [-0.1, -0.05) is 92.4 Å². The highest BCUT2D eigenvalue weighted by molar-refractivity contribution is 9.09. The van der Waals surface area contributed by atoms with Gasteiger partial charge in [-0.25, -0.2) is 0 Å². The van der Waals surface area contributed by atoms with Crippen molar-refractivity contribution in [3.05, 3.63) is 0 Å². The van der Waals surface area contributed by atoms with Gasteiger partial charge in [-0.15, -0.1) is 0 Å². The number of hydrogen-bond donors (Lipinski definition) is 0. The Bertz CT molecular complexity index is 189. The lowest BCUT2D eigenvalue weighted by Gasteiger charge is -2.19. The van der Waals surface area contributed by atoms with Crippen molar-refractivity contribution in [1.29, 1.82) is 0 Å². The van der Waals surface area contributed by atoms with E-state index in [9.17, 15) is 8.78 Å². The largest absolute Gasteiger partial charge is 0.305 e. The second-order valence-electron chi connectivity index (χ2n) is 4.85. The molecule has 18 heavy (non-hydrogen) atoms. The molecular formula is C14H27BrF2S. The fraction of sp³-hybridized carbons (Fsp3) is 1.00. The summed E-state index contributed by atoms with van der Waals surface area (Å²) >= 11 is 3.73. The molecule has 0 nitrogen and oxygen atoms in total. The Morgan fingerprint density at radius 2 is 1.39 bits per heavy atom. The summed E-state index contributed by atoms with van der Waals surface area (Å²) in [6.07, 6.45) is 13.1. The van der Waals surface area contributed by atoms with Gasteiger partial charge in [-0.05, 0) is 12.7 Å². The highest BCUT2D eigenvalue weighted by Gasteiger charge is 2.36. The Hall–Kier alpha value is 0.690. The van der Waals surface area contributed by atoms with Crippen LogP contribution in [0, 0.1) is 0 Å². The number of rotatable bonds is 12. The second-order valence-corrected chi connectivity index (χ2v) is 6.91. The van der Waals surface area contributed by atoms with Crippen LogP contribution < -0.4 is 0 Å². The molecule has 1 atom stereocenters. The maximum Gasteiger partial charge on any atom is 0.305 e. The van der Waals surface area contributed by atoms with Crippen LogP contribution >= 0.6 is 27.7 Å². The Balaban J connectivity index is 3.30. The first-order valence-corrected chi connectivity index (χ1v) is 9.25. The molecule has 0 amide bonds. The zero-order valence-corrected chi connectivity index (χ0v) is 14.1. The molecule has 4 heteroatoms. The summed E-state index contributed by atoms with van der Waals surface area (Å²) in [5, 5.41) is -2.62. The summed E-state index contributed by atoms with van der Waals surface area (Å²) in [7, 11) is 0. The zero-order valence-electron chi connectivity index (χ0n) is 11.7. The molecule has 0 spiro atoms. The van der Waals surface area contributed by atoms with Gasteiger partial charge in [-0.3, -0.25) is 0 Å². The van der Waals surface area contributed by atoms with E-state index in [2.05, 4.69) is 22.9 Å². The van der Waals surface area contributed by atoms with E-state index in [-0.39, 0.29) is 0 Å². The third kappa shape index (κ3) is 9.60. The van der Waals surface area contributed by atoms with Gasteiger partial charge in [-0.2, -0.15) is 8.78 Å². The Morgan fingerprint density at radius 3 is 1.83 bits per heavy atom. The summed E-state index contributed by atoms with van der Waals surface area (Å²) in [6.45, 7) is 2.22. The van der Waals surface area contributed by atoms with Crippen LogP contribution in [-0.4, -0.2) is 16.3 Å². The van der Waals surface area contributed by atoms with E-state index < -0.39 is 10.1 Å². The number of alkyl halides is 3. The van der Waals surface area contributed by atoms with Gasteiger partial charge in [0.05, 0.1) is 4.83 Å². The van der Waals surface area contributed by atoms with Crippen LogP contribution in [-0.2, 0) is 0 Å². The molecular weight excluding hydrogens is 318 g/mol. The lowest BCUT2D eigenvalue weighted by atomic mass is 10.1. The minimum atomic E-state index is -2.62. The number of hydrogen-bond acceptors (Lipinski definition) is 1. The standard InChI is InChI=1S/C14H27BrF2S/c1-3-4-5-6-7-8-9-10-11-12-13(15)14(16,17)18-2/h13H,3-12H2,1-2H3. The minimum Gasteiger partial charge on any atom is -0.193 e. The molecule has 0 saturated heterocycles. The fourth-order valence-electron chi connectivity index (χ4n) is 1.93. The quantitative estimate of drug-likeness (QED) is 0.283. The van der Waals surface area contributed by atoms with Crippen molar-refractivity contribution in [3.63, 3.8) is 0 Å². The summed E-state index contributed by atoms with van der Waals surface area (Å²) < 4.78 is 26.4. The first-order valence-electron chi connectivity index (χ1n) is 7.11. The van der Waals surface area contributed by atoms with Gasteiger partial charge in [0, 0.05) is 0 Å². The first-order chi connectivity index (χ1) is 8.54. The fourth-order valence-corrected chi connectivity index (χ4v) is 3.19. The average molecular weight is 345 g/mol. The van der Waals surface area contributed by atoms with Crippen molar-refractivity contribution < 1.29 is 8.78 Å². The van der Waals surface area contributed by atoms with Crippen LogP contribution in [0.5, 0.6) is 0 Å². The molecule has 0 saturated carbocycles. The third-order valence-electron chi connectivity index (χ3n) is 3.20. The molecule has 0 rings (SSSR count).